The van der Waals surface area contributed by atoms with Crippen molar-refractivity contribution in [2.75, 3.05) is 39.3 Å². The molecule has 0 aromatic heterocycles. The molecule has 0 spiro atoms. The van der Waals surface area contributed by atoms with Crippen molar-refractivity contribution in [1.82, 2.24) is 9.80 Å². The normalized spacial score (nSPS) is 29.8. The minimum atomic E-state index is 1.05. The van der Waals surface area contributed by atoms with Gasteiger partial charge in [-0.25, -0.2) is 0 Å². The summed E-state index contributed by atoms with van der Waals surface area (Å²) >= 11 is 0. The van der Waals surface area contributed by atoms with Crippen LogP contribution in [-0.2, 0) is 0 Å². The molecule has 2 aliphatic rings. The average Bonchev–Trinajstić information content (AvgIpc) is 2.77. The molecule has 2 rings (SSSR count). The van der Waals surface area contributed by atoms with Crippen molar-refractivity contribution < 1.29 is 0 Å². The molecule has 1 saturated carbocycles. The summed E-state index contributed by atoms with van der Waals surface area (Å²) in [6.07, 6.45) is 7.37. The Morgan fingerprint density at radius 3 is 2.12 bits per heavy atom. The van der Waals surface area contributed by atoms with E-state index in [1.54, 1.807) is 0 Å². The maximum atomic E-state index is 2.74. The zero-order valence-electron chi connectivity index (χ0n) is 11.8. The molecule has 2 heteroatoms. The Morgan fingerprint density at radius 2 is 1.59 bits per heavy atom. The molecule has 17 heavy (non-hydrogen) atoms. The standard InChI is InChI=1S/C15H30N2/c1-3-16(4-2)10-7-11-17-12-14-8-5-6-9-15(14)13-17/h14-15H,3-13H2,1-2H3/t14-,15+. The number of hydrogen-bond donors (Lipinski definition) is 0. The van der Waals surface area contributed by atoms with E-state index in [9.17, 15) is 0 Å². The van der Waals surface area contributed by atoms with Crippen LogP contribution in [0.4, 0.5) is 0 Å². The minimum absolute atomic E-state index is 1.05. The van der Waals surface area contributed by atoms with Crippen LogP contribution in [0.2, 0.25) is 0 Å². The summed E-state index contributed by atoms with van der Waals surface area (Å²) in [4.78, 5) is 5.28. The van der Waals surface area contributed by atoms with E-state index in [4.69, 9.17) is 0 Å². The number of hydrogen-bond acceptors (Lipinski definition) is 2. The first-order chi connectivity index (χ1) is 8.33. The number of fused-ring (bicyclic) bond motifs is 1. The largest absolute Gasteiger partial charge is 0.304 e. The summed E-state index contributed by atoms with van der Waals surface area (Å²) in [5, 5.41) is 0. The molecular formula is C15H30N2. The summed E-state index contributed by atoms with van der Waals surface area (Å²) in [6, 6.07) is 0. The lowest BCUT2D eigenvalue weighted by molar-refractivity contribution is 0.257. The monoisotopic (exact) mass is 238 g/mol. The number of rotatable bonds is 6. The van der Waals surface area contributed by atoms with Gasteiger partial charge in [0.1, 0.15) is 0 Å². The molecule has 1 heterocycles. The van der Waals surface area contributed by atoms with E-state index in [0.29, 0.717) is 0 Å². The molecule has 1 aliphatic heterocycles. The lowest BCUT2D eigenvalue weighted by atomic mass is 9.82. The second kappa shape index (κ2) is 6.75. The molecule has 0 radical (unpaired) electrons. The highest BCUT2D eigenvalue weighted by molar-refractivity contribution is 4.86. The van der Waals surface area contributed by atoms with E-state index >= 15 is 0 Å². The third-order valence-corrected chi connectivity index (χ3v) is 4.90. The smallest absolute Gasteiger partial charge is 0.00129 e. The Hall–Kier alpha value is -0.0800. The van der Waals surface area contributed by atoms with Gasteiger partial charge >= 0.3 is 0 Å². The van der Waals surface area contributed by atoms with Crippen molar-refractivity contribution in [1.29, 1.82) is 0 Å². The predicted molar refractivity (Wildman–Crippen MR) is 74.3 cm³/mol. The van der Waals surface area contributed by atoms with Gasteiger partial charge in [-0.2, -0.15) is 0 Å². The second-order valence-corrected chi connectivity index (χ2v) is 5.94. The lowest BCUT2D eigenvalue weighted by Crippen LogP contribution is -2.29. The van der Waals surface area contributed by atoms with E-state index in [1.807, 2.05) is 0 Å². The molecule has 2 atom stereocenters. The first kappa shape index (κ1) is 13.4. The van der Waals surface area contributed by atoms with Crippen LogP contribution in [0.25, 0.3) is 0 Å². The third-order valence-electron chi connectivity index (χ3n) is 4.90. The van der Waals surface area contributed by atoms with Crippen LogP contribution in [0.3, 0.4) is 0 Å². The van der Waals surface area contributed by atoms with Gasteiger partial charge in [0.15, 0.2) is 0 Å². The minimum Gasteiger partial charge on any atom is -0.304 e. The topological polar surface area (TPSA) is 6.48 Å². The number of likely N-dealkylation sites (tertiary alicyclic amines) is 1. The molecule has 0 aromatic carbocycles. The third kappa shape index (κ3) is 3.69. The fourth-order valence-corrected chi connectivity index (χ4v) is 3.74. The molecule has 2 fully saturated rings. The summed E-state index contributed by atoms with van der Waals surface area (Å²) in [5.74, 6) is 2.11. The zero-order chi connectivity index (χ0) is 12.1. The van der Waals surface area contributed by atoms with Crippen molar-refractivity contribution >= 4 is 0 Å². The fourth-order valence-electron chi connectivity index (χ4n) is 3.74. The molecule has 0 bridgehead atoms. The van der Waals surface area contributed by atoms with Gasteiger partial charge in [0.05, 0.1) is 0 Å². The quantitative estimate of drug-likeness (QED) is 0.702. The van der Waals surface area contributed by atoms with Gasteiger partial charge in [-0.3, -0.25) is 0 Å². The highest BCUT2D eigenvalue weighted by Gasteiger charge is 2.33. The molecule has 1 saturated heterocycles. The molecule has 2 nitrogen and oxygen atoms in total. The maximum Gasteiger partial charge on any atom is 0.00129 e. The molecule has 1 aliphatic carbocycles. The number of nitrogens with zero attached hydrogens (tertiary/aromatic N) is 2. The highest BCUT2D eigenvalue weighted by atomic mass is 15.2. The summed E-state index contributed by atoms with van der Waals surface area (Å²) in [7, 11) is 0. The van der Waals surface area contributed by atoms with Crippen LogP contribution in [0.1, 0.15) is 46.0 Å². The SMILES string of the molecule is CCN(CC)CCCN1C[C@H]2CCCC[C@H]2C1. The zero-order valence-corrected chi connectivity index (χ0v) is 11.8. The van der Waals surface area contributed by atoms with Gasteiger partial charge < -0.3 is 9.80 Å². The van der Waals surface area contributed by atoms with Gasteiger partial charge in [-0.05, 0) is 57.3 Å². The van der Waals surface area contributed by atoms with Gasteiger partial charge in [0.2, 0.25) is 0 Å². The second-order valence-electron chi connectivity index (χ2n) is 5.94. The van der Waals surface area contributed by atoms with Crippen LogP contribution in [0, 0.1) is 11.8 Å². The van der Waals surface area contributed by atoms with Gasteiger partial charge in [-0.1, -0.05) is 26.7 Å². The van der Waals surface area contributed by atoms with Crippen molar-refractivity contribution in [3.8, 4) is 0 Å². The predicted octanol–water partition coefficient (Wildman–Crippen LogP) is 2.84. The van der Waals surface area contributed by atoms with E-state index in [2.05, 4.69) is 23.6 Å². The molecule has 0 N–H and O–H groups in total. The van der Waals surface area contributed by atoms with E-state index < -0.39 is 0 Å². The summed E-state index contributed by atoms with van der Waals surface area (Å²) in [6.45, 7) is 12.4. The van der Waals surface area contributed by atoms with Crippen LogP contribution >= 0.6 is 0 Å². The maximum absolute atomic E-state index is 2.74. The molecular weight excluding hydrogens is 208 g/mol. The van der Waals surface area contributed by atoms with Gasteiger partial charge in [0, 0.05) is 13.1 Å². The van der Waals surface area contributed by atoms with Crippen LogP contribution in [0.15, 0.2) is 0 Å². The lowest BCUT2D eigenvalue weighted by Gasteiger charge is -2.23. The van der Waals surface area contributed by atoms with E-state index in [1.165, 1.54) is 71.4 Å². The summed E-state index contributed by atoms with van der Waals surface area (Å²) in [5.41, 5.74) is 0. The van der Waals surface area contributed by atoms with E-state index in [0.717, 1.165) is 11.8 Å². The van der Waals surface area contributed by atoms with Crippen LogP contribution < -0.4 is 0 Å². The van der Waals surface area contributed by atoms with Gasteiger partial charge in [-0.15, -0.1) is 0 Å². The Kier molecular flexibility index (Phi) is 5.30. The molecule has 0 unspecified atom stereocenters. The first-order valence-corrected chi connectivity index (χ1v) is 7.78. The Morgan fingerprint density at radius 1 is 1.00 bits per heavy atom. The Labute approximate surface area is 107 Å². The Bertz CT molecular complexity index is 199. The highest BCUT2D eigenvalue weighted by Crippen LogP contribution is 2.35. The van der Waals surface area contributed by atoms with E-state index in [-0.39, 0.29) is 0 Å². The molecule has 0 amide bonds. The van der Waals surface area contributed by atoms with Crippen LogP contribution in [-0.4, -0.2) is 49.1 Å². The van der Waals surface area contributed by atoms with Crippen molar-refractivity contribution in [2.24, 2.45) is 11.8 Å². The van der Waals surface area contributed by atoms with Crippen molar-refractivity contribution in [3.63, 3.8) is 0 Å². The van der Waals surface area contributed by atoms with Crippen molar-refractivity contribution in [3.05, 3.63) is 0 Å². The Balaban J connectivity index is 1.64. The molecule has 100 valence electrons. The van der Waals surface area contributed by atoms with Crippen LogP contribution in [0.5, 0.6) is 0 Å². The first-order valence-electron chi connectivity index (χ1n) is 7.78. The summed E-state index contributed by atoms with van der Waals surface area (Å²) < 4.78 is 0. The van der Waals surface area contributed by atoms with Gasteiger partial charge in [0.25, 0.3) is 0 Å². The molecule has 0 aromatic rings. The van der Waals surface area contributed by atoms with Crippen molar-refractivity contribution in [2.45, 2.75) is 46.0 Å². The fraction of sp³-hybridized carbons (Fsp3) is 1.00. The average molecular weight is 238 g/mol.